The van der Waals surface area contributed by atoms with Gasteiger partial charge in [0.2, 0.25) is 0 Å². The number of benzene rings is 2. The molecule has 4 aromatic rings. The first-order valence-corrected chi connectivity index (χ1v) is 12.0. The Kier molecular flexibility index (Phi) is 5.19. The summed E-state index contributed by atoms with van der Waals surface area (Å²) in [7, 11) is 2.66. The van der Waals surface area contributed by atoms with E-state index in [4.69, 9.17) is 14.5 Å². The second-order valence-electron chi connectivity index (χ2n) is 9.39. The third kappa shape index (κ3) is 3.05. The van der Waals surface area contributed by atoms with E-state index >= 15 is 0 Å². The van der Waals surface area contributed by atoms with Gasteiger partial charge in [0.25, 0.3) is 5.56 Å². The number of nitrogens with one attached hydrogen (secondary N) is 2. The van der Waals surface area contributed by atoms with Crippen molar-refractivity contribution in [3.8, 4) is 0 Å². The van der Waals surface area contributed by atoms with Crippen LogP contribution in [0.3, 0.4) is 0 Å². The van der Waals surface area contributed by atoms with E-state index in [1.807, 2.05) is 36.4 Å². The molecule has 2 aliphatic heterocycles. The van der Waals surface area contributed by atoms with Crippen LogP contribution in [0.25, 0.3) is 21.8 Å². The van der Waals surface area contributed by atoms with Crippen molar-refractivity contribution in [1.29, 1.82) is 0 Å². The molecule has 0 bridgehead atoms. The maximum absolute atomic E-state index is 13.9. The highest BCUT2D eigenvalue weighted by Gasteiger charge is 2.57. The standard InChI is InChI=1S/C27H26N4O5/c1-35-25(33)21-14-17-15-8-3-5-11-19(15)28-22(17)27(30-21,26(34)36-2)18-10-7-13-31-23(18)29-20-12-6-4-9-16(20)24(31)32/h3-6,8-9,11-12,18,21,28,30H,7,10,13-14H2,1-2H3/t18-,21-,27+/m0/s1. The number of rotatable bonds is 3. The number of esters is 2. The predicted octanol–water partition coefficient (Wildman–Crippen LogP) is 2.51. The van der Waals surface area contributed by atoms with Crippen LogP contribution in [0.15, 0.2) is 53.3 Å². The van der Waals surface area contributed by atoms with Gasteiger partial charge in [-0.3, -0.25) is 19.5 Å². The second-order valence-corrected chi connectivity index (χ2v) is 9.39. The minimum Gasteiger partial charge on any atom is -0.468 e. The lowest BCUT2D eigenvalue weighted by Crippen LogP contribution is -2.64. The number of methoxy groups -OCH3 is 2. The Morgan fingerprint density at radius 3 is 2.58 bits per heavy atom. The molecule has 2 N–H and O–H groups in total. The Hall–Kier alpha value is -3.98. The van der Waals surface area contributed by atoms with Gasteiger partial charge < -0.3 is 14.5 Å². The maximum atomic E-state index is 13.9. The molecule has 2 aromatic heterocycles. The first-order chi connectivity index (χ1) is 17.5. The average Bonchev–Trinajstić information content (AvgIpc) is 3.30. The smallest absolute Gasteiger partial charge is 0.333 e. The lowest BCUT2D eigenvalue weighted by molar-refractivity contribution is -0.154. The molecule has 3 atom stereocenters. The van der Waals surface area contributed by atoms with E-state index in [0.29, 0.717) is 48.2 Å². The monoisotopic (exact) mass is 486 g/mol. The Morgan fingerprint density at radius 2 is 1.81 bits per heavy atom. The third-order valence-electron chi connectivity index (χ3n) is 7.61. The van der Waals surface area contributed by atoms with Gasteiger partial charge in [-0.25, -0.2) is 9.78 Å². The first kappa shape index (κ1) is 22.5. The highest BCUT2D eigenvalue weighted by Crippen LogP contribution is 2.47. The minimum atomic E-state index is -1.48. The van der Waals surface area contributed by atoms with Crippen LogP contribution in [0.1, 0.15) is 35.8 Å². The van der Waals surface area contributed by atoms with Gasteiger partial charge in [-0.1, -0.05) is 30.3 Å². The lowest BCUT2D eigenvalue weighted by Gasteiger charge is -2.45. The summed E-state index contributed by atoms with van der Waals surface area (Å²) in [6.45, 7) is 0.500. The third-order valence-corrected chi connectivity index (χ3v) is 7.61. The number of aromatic nitrogens is 3. The zero-order chi connectivity index (χ0) is 25.0. The molecule has 0 fully saturated rings. The number of carbonyl (C=O) groups is 2. The number of hydrogen-bond acceptors (Lipinski definition) is 7. The molecular formula is C27H26N4O5. The van der Waals surface area contributed by atoms with Crippen molar-refractivity contribution in [3.63, 3.8) is 0 Å². The molecule has 0 spiro atoms. The summed E-state index contributed by atoms with van der Waals surface area (Å²) < 4.78 is 12.2. The van der Waals surface area contributed by atoms with E-state index in [1.165, 1.54) is 14.2 Å². The van der Waals surface area contributed by atoms with Crippen LogP contribution in [-0.2, 0) is 37.6 Å². The van der Waals surface area contributed by atoms with Gasteiger partial charge in [0, 0.05) is 23.9 Å². The van der Waals surface area contributed by atoms with Gasteiger partial charge in [-0.15, -0.1) is 0 Å². The first-order valence-electron chi connectivity index (χ1n) is 12.0. The molecule has 4 heterocycles. The maximum Gasteiger partial charge on any atom is 0.333 e. The molecule has 0 aliphatic carbocycles. The Labute approximate surface area is 206 Å². The van der Waals surface area contributed by atoms with Crippen LogP contribution < -0.4 is 10.9 Å². The topological polar surface area (TPSA) is 115 Å². The van der Waals surface area contributed by atoms with E-state index in [2.05, 4.69) is 10.3 Å². The molecule has 0 amide bonds. The Balaban J connectivity index is 1.67. The highest BCUT2D eigenvalue weighted by atomic mass is 16.5. The number of aromatic amines is 1. The summed E-state index contributed by atoms with van der Waals surface area (Å²) in [6.07, 6.45) is 1.57. The second kappa shape index (κ2) is 8.30. The molecule has 0 saturated carbocycles. The molecule has 9 heteroatoms. The zero-order valence-corrected chi connectivity index (χ0v) is 20.0. The van der Waals surface area contributed by atoms with Crippen molar-refractivity contribution in [1.82, 2.24) is 19.9 Å². The minimum absolute atomic E-state index is 0.141. The number of ether oxygens (including phenoxy) is 2. The SMILES string of the molecule is COC(=O)[C@@H]1Cc2c([nH]c3ccccc23)[C@@](C(=O)OC)([C@H]2CCCn3c2nc2ccccc2c3=O)N1. The number of H-pyrrole nitrogens is 1. The fourth-order valence-corrected chi connectivity index (χ4v) is 6.03. The zero-order valence-electron chi connectivity index (χ0n) is 20.0. The molecule has 0 radical (unpaired) electrons. The average molecular weight is 487 g/mol. The molecule has 0 saturated heterocycles. The Bertz CT molecular complexity index is 1590. The van der Waals surface area contributed by atoms with E-state index < -0.39 is 29.4 Å². The van der Waals surface area contributed by atoms with Crippen molar-refractivity contribution in [2.24, 2.45) is 0 Å². The molecular weight excluding hydrogens is 460 g/mol. The molecule has 2 aromatic carbocycles. The van der Waals surface area contributed by atoms with Crippen LogP contribution >= 0.6 is 0 Å². The van der Waals surface area contributed by atoms with E-state index in [-0.39, 0.29) is 5.56 Å². The molecule has 2 aliphatic rings. The molecule has 0 unspecified atom stereocenters. The summed E-state index contributed by atoms with van der Waals surface area (Å²) in [5.74, 6) is -1.10. The van der Waals surface area contributed by atoms with Crippen LogP contribution in [0.4, 0.5) is 0 Å². The van der Waals surface area contributed by atoms with E-state index in [9.17, 15) is 14.4 Å². The van der Waals surface area contributed by atoms with Crippen molar-refractivity contribution in [2.45, 2.75) is 43.3 Å². The van der Waals surface area contributed by atoms with Gasteiger partial charge >= 0.3 is 11.9 Å². The molecule has 9 nitrogen and oxygen atoms in total. The normalized spacial score (nSPS) is 23.2. The number of carbonyl (C=O) groups excluding carboxylic acids is 2. The molecule has 184 valence electrons. The van der Waals surface area contributed by atoms with Crippen LogP contribution in [-0.4, -0.2) is 46.7 Å². The number of nitrogens with zero attached hydrogens (tertiary/aromatic N) is 2. The lowest BCUT2D eigenvalue weighted by atomic mass is 9.71. The fourth-order valence-electron chi connectivity index (χ4n) is 6.03. The summed E-state index contributed by atoms with van der Waals surface area (Å²) in [5.41, 5.74) is 1.28. The summed E-state index contributed by atoms with van der Waals surface area (Å²) in [5, 5.41) is 4.79. The predicted molar refractivity (Wildman–Crippen MR) is 133 cm³/mol. The van der Waals surface area contributed by atoms with E-state index in [0.717, 1.165) is 16.5 Å². The van der Waals surface area contributed by atoms with Crippen LogP contribution in [0.5, 0.6) is 0 Å². The largest absolute Gasteiger partial charge is 0.468 e. The summed E-state index contributed by atoms with van der Waals surface area (Å²) in [4.78, 5) is 48.5. The van der Waals surface area contributed by atoms with Crippen molar-refractivity contribution in [3.05, 3.63) is 76.0 Å². The van der Waals surface area contributed by atoms with Gasteiger partial charge in [0.05, 0.1) is 36.7 Å². The van der Waals surface area contributed by atoms with Gasteiger partial charge in [-0.05, 0) is 36.6 Å². The van der Waals surface area contributed by atoms with Gasteiger partial charge in [0.1, 0.15) is 11.9 Å². The van der Waals surface area contributed by atoms with Gasteiger partial charge in [-0.2, -0.15) is 0 Å². The number of fused-ring (bicyclic) bond motifs is 5. The Morgan fingerprint density at radius 1 is 1.06 bits per heavy atom. The number of para-hydroxylation sites is 2. The quantitative estimate of drug-likeness (QED) is 0.428. The highest BCUT2D eigenvalue weighted by molar-refractivity contribution is 5.93. The van der Waals surface area contributed by atoms with Gasteiger partial charge in [0.15, 0.2) is 5.54 Å². The summed E-state index contributed by atoms with van der Waals surface area (Å²) >= 11 is 0. The van der Waals surface area contributed by atoms with Crippen LogP contribution in [0.2, 0.25) is 0 Å². The summed E-state index contributed by atoms with van der Waals surface area (Å²) in [6, 6.07) is 14.2. The molecule has 36 heavy (non-hydrogen) atoms. The fraction of sp³-hybridized carbons (Fsp3) is 0.333. The van der Waals surface area contributed by atoms with Crippen molar-refractivity contribution in [2.75, 3.05) is 14.2 Å². The number of hydrogen-bond donors (Lipinski definition) is 2. The van der Waals surface area contributed by atoms with Crippen molar-refractivity contribution < 1.29 is 19.1 Å². The van der Waals surface area contributed by atoms with E-state index in [1.54, 1.807) is 16.7 Å². The van der Waals surface area contributed by atoms with Crippen molar-refractivity contribution >= 4 is 33.7 Å². The molecule has 6 rings (SSSR count). The van der Waals surface area contributed by atoms with Crippen LogP contribution in [0, 0.1) is 0 Å².